The van der Waals surface area contributed by atoms with Crippen LogP contribution in [0.1, 0.15) is 20.8 Å². The third-order valence-corrected chi connectivity index (χ3v) is 2.12. The third kappa shape index (κ3) is 9.86. The molecule has 0 rings (SSSR count). The molecule has 0 aromatic heterocycles. The lowest BCUT2D eigenvalue weighted by Crippen LogP contribution is -2.18. The van der Waals surface area contributed by atoms with Crippen LogP contribution in [0.5, 0.6) is 0 Å². The van der Waals surface area contributed by atoms with Crippen LogP contribution in [0.3, 0.4) is 0 Å². The Kier molecular flexibility index (Phi) is 12.3. The lowest BCUT2D eigenvalue weighted by molar-refractivity contribution is 0.117. The average molecular weight is 242 g/mol. The molecular formula is C13H22O4. The van der Waals surface area contributed by atoms with Crippen LogP contribution < -0.4 is 0 Å². The summed E-state index contributed by atoms with van der Waals surface area (Å²) in [6.07, 6.45) is 3.35. The van der Waals surface area contributed by atoms with Gasteiger partial charge in [0.2, 0.25) is 0 Å². The summed E-state index contributed by atoms with van der Waals surface area (Å²) >= 11 is 0. The maximum absolute atomic E-state index is 8.98. The van der Waals surface area contributed by atoms with Gasteiger partial charge in [0, 0.05) is 25.0 Å². The lowest BCUT2D eigenvalue weighted by atomic mass is 10.1. The van der Waals surface area contributed by atoms with Gasteiger partial charge in [-0.3, -0.25) is 0 Å². The predicted molar refractivity (Wildman–Crippen MR) is 66.8 cm³/mol. The minimum absolute atomic E-state index is 0.0180. The van der Waals surface area contributed by atoms with Gasteiger partial charge in [-0.2, -0.15) is 0 Å². The quantitative estimate of drug-likeness (QED) is 0.506. The minimum atomic E-state index is -0.806. The van der Waals surface area contributed by atoms with E-state index in [9.17, 15) is 0 Å². The zero-order valence-corrected chi connectivity index (χ0v) is 10.6. The molecule has 0 radical (unpaired) electrons. The first kappa shape index (κ1) is 18.3. The van der Waals surface area contributed by atoms with Gasteiger partial charge in [-0.1, -0.05) is 25.7 Å². The Morgan fingerprint density at radius 2 is 1.41 bits per heavy atom. The summed E-state index contributed by atoms with van der Waals surface area (Å²) in [5, 5.41) is 34.6. The first-order valence-electron chi connectivity index (χ1n) is 5.40. The summed E-state index contributed by atoms with van der Waals surface area (Å²) in [5.41, 5.74) is 0. The van der Waals surface area contributed by atoms with Crippen molar-refractivity contribution < 1.29 is 20.4 Å². The van der Waals surface area contributed by atoms with Crippen LogP contribution in [0.4, 0.5) is 0 Å². The molecule has 0 heterocycles. The Morgan fingerprint density at radius 1 is 1.00 bits per heavy atom. The Hall–Kier alpha value is -1.04. The molecule has 0 aliphatic heterocycles. The maximum Gasteiger partial charge on any atom is 0.119 e. The smallest absolute Gasteiger partial charge is 0.119 e. The molecule has 98 valence electrons. The van der Waals surface area contributed by atoms with E-state index < -0.39 is 12.2 Å². The molecule has 0 aliphatic rings. The molecule has 0 saturated carbocycles. The largest absolute Gasteiger partial charge is 0.396 e. The van der Waals surface area contributed by atoms with E-state index >= 15 is 0 Å². The van der Waals surface area contributed by atoms with Crippen molar-refractivity contribution in [3.05, 3.63) is 0 Å². The second-order valence-electron chi connectivity index (χ2n) is 3.77. The zero-order chi connectivity index (χ0) is 13.8. The van der Waals surface area contributed by atoms with Crippen molar-refractivity contribution in [2.75, 3.05) is 13.2 Å². The van der Waals surface area contributed by atoms with Gasteiger partial charge in [0.15, 0.2) is 0 Å². The highest BCUT2D eigenvalue weighted by Crippen LogP contribution is 1.99. The van der Waals surface area contributed by atoms with E-state index in [2.05, 4.69) is 17.8 Å². The monoisotopic (exact) mass is 242 g/mol. The molecule has 0 amide bonds. The Bertz CT molecular complexity index is 271. The van der Waals surface area contributed by atoms with Crippen molar-refractivity contribution in [3.63, 3.8) is 0 Å². The second kappa shape index (κ2) is 11.4. The van der Waals surface area contributed by atoms with Crippen LogP contribution in [0, 0.1) is 36.0 Å². The van der Waals surface area contributed by atoms with Gasteiger partial charge in [0.05, 0.1) is 0 Å². The molecular weight excluding hydrogens is 220 g/mol. The number of hydrogen-bond acceptors (Lipinski definition) is 4. The van der Waals surface area contributed by atoms with Gasteiger partial charge < -0.3 is 20.4 Å². The van der Waals surface area contributed by atoms with Gasteiger partial charge in [0.25, 0.3) is 0 Å². The first-order chi connectivity index (χ1) is 7.94. The summed E-state index contributed by atoms with van der Waals surface area (Å²) in [5.74, 6) is 6.87. The molecule has 0 aromatic rings. The zero-order valence-electron chi connectivity index (χ0n) is 10.6. The molecule has 0 aliphatic carbocycles. The van der Waals surface area contributed by atoms with Crippen LogP contribution in [0.2, 0.25) is 0 Å². The van der Waals surface area contributed by atoms with Gasteiger partial charge in [-0.25, -0.2) is 0 Å². The highest BCUT2D eigenvalue weighted by molar-refractivity contribution is 5.03. The van der Waals surface area contributed by atoms with E-state index in [-0.39, 0.29) is 25.0 Å². The van der Waals surface area contributed by atoms with Crippen LogP contribution >= 0.6 is 0 Å². The number of terminal acetylenes is 1. The Labute approximate surface area is 103 Å². The Morgan fingerprint density at radius 3 is 1.65 bits per heavy atom. The molecule has 0 spiro atoms. The Balaban J connectivity index is 0. The van der Waals surface area contributed by atoms with Gasteiger partial charge in [0.1, 0.15) is 12.2 Å². The molecule has 4 heteroatoms. The standard InChI is InChI=1S/C7H12O2.C6H10O2/c1-3-4-7(9)6(2)5-8;1-3-6(8)5(2)4-7/h6-9H,5H2,1-2H3;1,5-8H,4H2,2H3/t6-,7+;5-,6+/m00/s1. The number of hydrogen-bond donors (Lipinski definition) is 4. The van der Waals surface area contributed by atoms with Crippen molar-refractivity contribution in [1.82, 2.24) is 0 Å². The van der Waals surface area contributed by atoms with E-state index in [1.807, 2.05) is 0 Å². The maximum atomic E-state index is 8.98. The van der Waals surface area contributed by atoms with E-state index in [4.69, 9.17) is 26.8 Å². The summed E-state index contributed by atoms with van der Waals surface area (Å²) in [7, 11) is 0. The fraction of sp³-hybridized carbons (Fsp3) is 0.692. The number of aliphatic hydroxyl groups excluding tert-OH is 4. The topological polar surface area (TPSA) is 80.9 Å². The molecule has 4 nitrogen and oxygen atoms in total. The van der Waals surface area contributed by atoms with Crippen molar-refractivity contribution in [2.45, 2.75) is 33.0 Å². The van der Waals surface area contributed by atoms with E-state index in [0.717, 1.165) is 0 Å². The summed E-state index contributed by atoms with van der Waals surface area (Å²) in [6.45, 7) is 5.01. The van der Waals surface area contributed by atoms with Crippen molar-refractivity contribution in [1.29, 1.82) is 0 Å². The van der Waals surface area contributed by atoms with E-state index in [1.54, 1.807) is 20.8 Å². The van der Waals surface area contributed by atoms with Crippen molar-refractivity contribution >= 4 is 0 Å². The molecule has 0 fully saturated rings. The van der Waals surface area contributed by atoms with Crippen LogP contribution in [-0.2, 0) is 0 Å². The average Bonchev–Trinajstić information content (AvgIpc) is 2.36. The van der Waals surface area contributed by atoms with Gasteiger partial charge in [-0.05, 0) is 6.92 Å². The molecule has 0 unspecified atom stereocenters. The minimum Gasteiger partial charge on any atom is -0.396 e. The fourth-order valence-electron chi connectivity index (χ4n) is 0.654. The van der Waals surface area contributed by atoms with Crippen LogP contribution in [0.25, 0.3) is 0 Å². The van der Waals surface area contributed by atoms with Crippen LogP contribution in [0.15, 0.2) is 0 Å². The lowest BCUT2D eigenvalue weighted by Gasteiger charge is -2.08. The molecule has 17 heavy (non-hydrogen) atoms. The normalized spacial score (nSPS) is 16.1. The molecule has 4 N–H and O–H groups in total. The van der Waals surface area contributed by atoms with Gasteiger partial charge in [-0.15, -0.1) is 12.3 Å². The third-order valence-electron chi connectivity index (χ3n) is 2.12. The molecule has 4 atom stereocenters. The molecule has 0 bridgehead atoms. The summed E-state index contributed by atoms with van der Waals surface area (Å²) in [4.78, 5) is 0. The van der Waals surface area contributed by atoms with Crippen molar-refractivity contribution in [2.24, 2.45) is 11.8 Å². The highest BCUT2D eigenvalue weighted by Gasteiger charge is 2.08. The van der Waals surface area contributed by atoms with Crippen LogP contribution in [-0.4, -0.2) is 45.8 Å². The van der Waals surface area contributed by atoms with E-state index in [0.29, 0.717) is 0 Å². The molecule has 0 saturated heterocycles. The van der Waals surface area contributed by atoms with Gasteiger partial charge >= 0.3 is 0 Å². The number of aliphatic hydroxyl groups is 4. The highest BCUT2D eigenvalue weighted by atomic mass is 16.3. The first-order valence-corrected chi connectivity index (χ1v) is 5.40. The second-order valence-corrected chi connectivity index (χ2v) is 3.77. The summed E-state index contributed by atoms with van der Waals surface area (Å²) < 4.78 is 0. The predicted octanol–water partition coefficient (Wildman–Crippen LogP) is -0.392. The van der Waals surface area contributed by atoms with Crippen molar-refractivity contribution in [3.8, 4) is 24.2 Å². The summed E-state index contributed by atoms with van der Waals surface area (Å²) in [6, 6.07) is 0. The molecule has 0 aromatic carbocycles. The SMILES string of the molecule is C#C[C@@H](O)[C@@H](C)CO.CC#C[C@@H](O)[C@@H](C)CO. The van der Waals surface area contributed by atoms with E-state index in [1.165, 1.54) is 0 Å². The fourth-order valence-corrected chi connectivity index (χ4v) is 0.654. The number of rotatable bonds is 4.